The lowest BCUT2D eigenvalue weighted by Gasteiger charge is -2.31. The van der Waals surface area contributed by atoms with Crippen LogP contribution in [0.15, 0.2) is 0 Å². The van der Waals surface area contributed by atoms with Crippen molar-refractivity contribution in [1.29, 1.82) is 0 Å². The number of carbonyl (C=O) groups excluding carboxylic acids is 1. The SMILES string of the molecule is COC(C)N1CCNCC1=O. The number of nitrogens with zero attached hydrogens (tertiary/aromatic N) is 1. The molecule has 1 unspecified atom stereocenters. The number of piperazine rings is 1. The minimum atomic E-state index is -0.0930. The minimum Gasteiger partial charge on any atom is -0.362 e. The van der Waals surface area contributed by atoms with Gasteiger partial charge in [0.05, 0.1) is 6.54 Å². The molecule has 0 radical (unpaired) electrons. The number of carbonyl (C=O) groups is 1. The third kappa shape index (κ3) is 1.91. The maximum absolute atomic E-state index is 11.2. The zero-order valence-corrected chi connectivity index (χ0v) is 6.96. The Morgan fingerprint density at radius 3 is 3.00 bits per heavy atom. The van der Waals surface area contributed by atoms with Crippen molar-refractivity contribution in [3.05, 3.63) is 0 Å². The summed E-state index contributed by atoms with van der Waals surface area (Å²) in [5.41, 5.74) is 0. The fourth-order valence-corrected chi connectivity index (χ4v) is 1.13. The molecule has 1 atom stereocenters. The number of hydrogen-bond acceptors (Lipinski definition) is 3. The van der Waals surface area contributed by atoms with Gasteiger partial charge in [-0.05, 0) is 6.92 Å². The summed E-state index contributed by atoms with van der Waals surface area (Å²) in [7, 11) is 1.61. The summed E-state index contributed by atoms with van der Waals surface area (Å²) in [6.45, 7) is 3.92. The van der Waals surface area contributed by atoms with Gasteiger partial charge in [0.15, 0.2) is 0 Å². The van der Waals surface area contributed by atoms with Crippen molar-refractivity contribution in [1.82, 2.24) is 10.2 Å². The standard InChI is InChI=1S/C7H14N2O2/c1-6(11-2)9-4-3-8-5-7(9)10/h6,8H,3-5H2,1-2H3. The Kier molecular flexibility index (Phi) is 2.84. The first kappa shape index (κ1) is 8.49. The molecule has 11 heavy (non-hydrogen) atoms. The lowest BCUT2D eigenvalue weighted by Crippen LogP contribution is -2.52. The van der Waals surface area contributed by atoms with E-state index in [1.54, 1.807) is 12.0 Å². The van der Waals surface area contributed by atoms with E-state index in [-0.39, 0.29) is 12.1 Å². The van der Waals surface area contributed by atoms with E-state index >= 15 is 0 Å². The van der Waals surface area contributed by atoms with Crippen molar-refractivity contribution in [2.75, 3.05) is 26.7 Å². The van der Waals surface area contributed by atoms with Crippen LogP contribution in [0.2, 0.25) is 0 Å². The first-order valence-corrected chi connectivity index (χ1v) is 3.78. The van der Waals surface area contributed by atoms with Crippen molar-refractivity contribution in [2.24, 2.45) is 0 Å². The van der Waals surface area contributed by atoms with Crippen LogP contribution in [0.4, 0.5) is 0 Å². The van der Waals surface area contributed by atoms with E-state index in [1.807, 2.05) is 6.92 Å². The average molecular weight is 158 g/mol. The molecule has 4 nitrogen and oxygen atoms in total. The van der Waals surface area contributed by atoms with Gasteiger partial charge in [-0.15, -0.1) is 0 Å². The van der Waals surface area contributed by atoms with E-state index in [1.165, 1.54) is 0 Å². The first-order chi connectivity index (χ1) is 5.25. The van der Waals surface area contributed by atoms with Crippen LogP contribution in [-0.2, 0) is 9.53 Å². The van der Waals surface area contributed by atoms with Crippen LogP contribution in [0.1, 0.15) is 6.92 Å². The van der Waals surface area contributed by atoms with E-state index in [0.29, 0.717) is 6.54 Å². The molecular formula is C7H14N2O2. The fourth-order valence-electron chi connectivity index (χ4n) is 1.13. The van der Waals surface area contributed by atoms with Crippen LogP contribution < -0.4 is 5.32 Å². The predicted octanol–water partition coefficient (Wildman–Crippen LogP) is -0.589. The molecular weight excluding hydrogens is 144 g/mol. The Labute approximate surface area is 66.5 Å². The maximum atomic E-state index is 11.2. The Morgan fingerprint density at radius 2 is 2.45 bits per heavy atom. The molecule has 1 aliphatic heterocycles. The van der Waals surface area contributed by atoms with Gasteiger partial charge in [0.2, 0.25) is 5.91 Å². The van der Waals surface area contributed by atoms with Gasteiger partial charge in [0.1, 0.15) is 6.23 Å². The van der Waals surface area contributed by atoms with Gasteiger partial charge in [-0.2, -0.15) is 0 Å². The molecule has 0 aromatic rings. The molecule has 4 heteroatoms. The average Bonchev–Trinajstić information content (AvgIpc) is 2.04. The van der Waals surface area contributed by atoms with Crippen LogP contribution in [-0.4, -0.2) is 43.8 Å². The van der Waals surface area contributed by atoms with Crippen molar-refractivity contribution >= 4 is 5.91 Å². The van der Waals surface area contributed by atoms with Gasteiger partial charge in [-0.25, -0.2) is 0 Å². The lowest BCUT2D eigenvalue weighted by molar-refractivity contribution is -0.143. The quantitative estimate of drug-likeness (QED) is 0.584. The number of hydrogen-bond donors (Lipinski definition) is 1. The zero-order chi connectivity index (χ0) is 8.27. The smallest absolute Gasteiger partial charge is 0.238 e. The summed E-state index contributed by atoms with van der Waals surface area (Å²) in [5.74, 6) is 0.116. The number of ether oxygens (including phenoxy) is 1. The van der Waals surface area contributed by atoms with E-state index in [9.17, 15) is 4.79 Å². The number of rotatable bonds is 2. The molecule has 1 heterocycles. The first-order valence-electron chi connectivity index (χ1n) is 3.78. The summed E-state index contributed by atoms with van der Waals surface area (Å²) in [4.78, 5) is 12.9. The van der Waals surface area contributed by atoms with Crippen LogP contribution in [0, 0.1) is 0 Å². The largest absolute Gasteiger partial charge is 0.362 e. The van der Waals surface area contributed by atoms with Gasteiger partial charge in [0.25, 0.3) is 0 Å². The van der Waals surface area contributed by atoms with Crippen molar-refractivity contribution in [2.45, 2.75) is 13.2 Å². The normalized spacial score (nSPS) is 22.0. The monoisotopic (exact) mass is 158 g/mol. The highest BCUT2D eigenvalue weighted by Crippen LogP contribution is 2.01. The maximum Gasteiger partial charge on any atom is 0.238 e. The van der Waals surface area contributed by atoms with Crippen molar-refractivity contribution in [3.63, 3.8) is 0 Å². The lowest BCUT2D eigenvalue weighted by atomic mass is 10.3. The summed E-state index contributed by atoms with van der Waals surface area (Å²) >= 11 is 0. The van der Waals surface area contributed by atoms with E-state index in [4.69, 9.17) is 4.74 Å². The number of methoxy groups -OCH3 is 1. The molecule has 1 saturated heterocycles. The summed E-state index contributed by atoms with van der Waals surface area (Å²) in [5, 5.41) is 3.00. The second-order valence-corrected chi connectivity index (χ2v) is 2.60. The zero-order valence-electron chi connectivity index (χ0n) is 6.96. The molecule has 0 aromatic carbocycles. The van der Waals surface area contributed by atoms with Crippen LogP contribution in [0.5, 0.6) is 0 Å². The Morgan fingerprint density at radius 1 is 1.73 bits per heavy atom. The summed E-state index contributed by atoms with van der Waals surface area (Å²) in [6.07, 6.45) is -0.0930. The minimum absolute atomic E-state index is 0.0930. The Balaban J connectivity index is 2.47. The molecule has 1 N–H and O–H groups in total. The summed E-state index contributed by atoms with van der Waals surface area (Å²) in [6, 6.07) is 0. The third-order valence-electron chi connectivity index (χ3n) is 1.91. The van der Waals surface area contributed by atoms with Crippen LogP contribution in [0.3, 0.4) is 0 Å². The van der Waals surface area contributed by atoms with Crippen molar-refractivity contribution < 1.29 is 9.53 Å². The van der Waals surface area contributed by atoms with E-state index in [2.05, 4.69) is 5.32 Å². The number of amides is 1. The highest BCUT2D eigenvalue weighted by molar-refractivity contribution is 5.79. The van der Waals surface area contributed by atoms with Gasteiger partial charge in [-0.3, -0.25) is 4.79 Å². The van der Waals surface area contributed by atoms with E-state index < -0.39 is 0 Å². The number of nitrogens with one attached hydrogen (secondary N) is 1. The van der Waals surface area contributed by atoms with E-state index in [0.717, 1.165) is 13.1 Å². The van der Waals surface area contributed by atoms with Crippen molar-refractivity contribution in [3.8, 4) is 0 Å². The second-order valence-electron chi connectivity index (χ2n) is 2.60. The molecule has 64 valence electrons. The van der Waals surface area contributed by atoms with Crippen LogP contribution >= 0.6 is 0 Å². The fraction of sp³-hybridized carbons (Fsp3) is 0.857. The predicted molar refractivity (Wildman–Crippen MR) is 41.1 cm³/mol. The molecule has 1 fully saturated rings. The molecule has 0 bridgehead atoms. The van der Waals surface area contributed by atoms with Gasteiger partial charge in [-0.1, -0.05) is 0 Å². The van der Waals surface area contributed by atoms with Gasteiger partial charge in [0, 0.05) is 20.2 Å². The van der Waals surface area contributed by atoms with Gasteiger partial charge < -0.3 is 15.0 Å². The highest BCUT2D eigenvalue weighted by Gasteiger charge is 2.21. The molecule has 0 saturated carbocycles. The molecule has 1 aliphatic rings. The second kappa shape index (κ2) is 3.69. The third-order valence-corrected chi connectivity index (χ3v) is 1.91. The highest BCUT2D eigenvalue weighted by atomic mass is 16.5. The molecule has 0 spiro atoms. The topological polar surface area (TPSA) is 41.6 Å². The molecule has 1 rings (SSSR count). The molecule has 1 amide bonds. The molecule has 0 aromatic heterocycles. The van der Waals surface area contributed by atoms with Crippen LogP contribution in [0.25, 0.3) is 0 Å². The summed E-state index contributed by atoms with van der Waals surface area (Å²) < 4.78 is 5.04. The Hall–Kier alpha value is -0.610. The molecule has 0 aliphatic carbocycles. The Bertz CT molecular complexity index is 149. The van der Waals surface area contributed by atoms with Gasteiger partial charge >= 0.3 is 0 Å².